The lowest BCUT2D eigenvalue weighted by Crippen LogP contribution is -2.18. The third-order valence-corrected chi connectivity index (χ3v) is 4.21. The van der Waals surface area contributed by atoms with Crippen LogP contribution in [0.1, 0.15) is 16.7 Å². The predicted octanol–water partition coefficient (Wildman–Crippen LogP) is 2.99. The van der Waals surface area contributed by atoms with Gasteiger partial charge in [0.05, 0.1) is 12.6 Å². The highest BCUT2D eigenvalue weighted by molar-refractivity contribution is 5.84. The zero-order chi connectivity index (χ0) is 18.0. The minimum absolute atomic E-state index is 0.0665. The highest BCUT2D eigenvalue weighted by Crippen LogP contribution is 2.19. The van der Waals surface area contributed by atoms with Gasteiger partial charge in [-0.15, -0.1) is 0 Å². The Bertz CT molecular complexity index is 1000. The van der Waals surface area contributed by atoms with Gasteiger partial charge in [-0.2, -0.15) is 0 Å². The summed E-state index contributed by atoms with van der Waals surface area (Å²) < 4.78 is 6.87. The van der Waals surface area contributed by atoms with E-state index in [1.165, 1.54) is 0 Å². The van der Waals surface area contributed by atoms with Gasteiger partial charge in [0.2, 0.25) is 0 Å². The number of benzene rings is 2. The molecule has 128 valence electrons. The molecule has 0 saturated carbocycles. The van der Waals surface area contributed by atoms with Crippen molar-refractivity contribution in [3.8, 4) is 5.75 Å². The number of aliphatic carboxylic acids is 1. The SMILES string of the molecule is COc1cccc(Cc2cn(CC(=O)O)c3c(C)cccc3c2=O)c1. The number of ether oxygens (including phenoxy) is 1. The lowest BCUT2D eigenvalue weighted by atomic mass is 10.0. The summed E-state index contributed by atoms with van der Waals surface area (Å²) in [7, 11) is 1.60. The molecule has 5 heteroatoms. The first-order chi connectivity index (χ1) is 12.0. The smallest absolute Gasteiger partial charge is 0.323 e. The summed E-state index contributed by atoms with van der Waals surface area (Å²) in [6, 6.07) is 13.0. The number of aryl methyl sites for hydroxylation is 1. The minimum atomic E-state index is -0.944. The molecule has 1 heterocycles. The van der Waals surface area contributed by atoms with Crippen LogP contribution in [0.5, 0.6) is 5.75 Å². The first-order valence-corrected chi connectivity index (χ1v) is 7.96. The van der Waals surface area contributed by atoms with Crippen LogP contribution in [-0.2, 0) is 17.8 Å². The summed E-state index contributed by atoms with van der Waals surface area (Å²) in [4.78, 5) is 24.1. The second-order valence-corrected chi connectivity index (χ2v) is 6.00. The molecule has 25 heavy (non-hydrogen) atoms. The molecule has 0 atom stereocenters. The number of fused-ring (bicyclic) bond motifs is 1. The zero-order valence-corrected chi connectivity index (χ0v) is 14.2. The number of nitrogens with zero attached hydrogens (tertiary/aromatic N) is 1. The third kappa shape index (κ3) is 3.40. The average molecular weight is 337 g/mol. The molecular formula is C20H19NO4. The Morgan fingerprint density at radius 3 is 2.68 bits per heavy atom. The van der Waals surface area contributed by atoms with Crippen LogP contribution in [0.3, 0.4) is 0 Å². The molecule has 1 aromatic heterocycles. The molecule has 0 spiro atoms. The molecule has 2 aromatic carbocycles. The van der Waals surface area contributed by atoms with E-state index < -0.39 is 5.97 Å². The van der Waals surface area contributed by atoms with Gasteiger partial charge < -0.3 is 14.4 Å². The predicted molar refractivity (Wildman–Crippen MR) is 96.4 cm³/mol. The average Bonchev–Trinajstić information content (AvgIpc) is 2.58. The van der Waals surface area contributed by atoms with Crippen LogP contribution >= 0.6 is 0 Å². The zero-order valence-electron chi connectivity index (χ0n) is 14.2. The molecular weight excluding hydrogens is 318 g/mol. The maximum Gasteiger partial charge on any atom is 0.323 e. The van der Waals surface area contributed by atoms with Crippen LogP contribution in [-0.4, -0.2) is 22.8 Å². The highest BCUT2D eigenvalue weighted by atomic mass is 16.5. The van der Waals surface area contributed by atoms with Crippen molar-refractivity contribution >= 4 is 16.9 Å². The van der Waals surface area contributed by atoms with Crippen molar-refractivity contribution in [3.05, 3.63) is 75.6 Å². The lowest BCUT2D eigenvalue weighted by molar-refractivity contribution is -0.137. The van der Waals surface area contributed by atoms with Gasteiger partial charge in [-0.1, -0.05) is 24.3 Å². The normalized spacial score (nSPS) is 10.8. The number of carbonyl (C=O) groups is 1. The number of pyridine rings is 1. The second-order valence-electron chi connectivity index (χ2n) is 6.00. The quantitative estimate of drug-likeness (QED) is 0.777. The molecule has 0 aliphatic heterocycles. The molecule has 3 rings (SSSR count). The third-order valence-electron chi connectivity index (χ3n) is 4.21. The van der Waals surface area contributed by atoms with E-state index in [1.807, 2.05) is 43.3 Å². The summed E-state index contributed by atoms with van der Waals surface area (Å²) in [6.07, 6.45) is 2.07. The molecule has 0 fully saturated rings. The van der Waals surface area contributed by atoms with Gasteiger partial charge >= 0.3 is 5.97 Å². The monoisotopic (exact) mass is 337 g/mol. The lowest BCUT2D eigenvalue weighted by Gasteiger charge is -2.14. The molecule has 0 radical (unpaired) electrons. The fraction of sp³-hybridized carbons (Fsp3) is 0.200. The van der Waals surface area contributed by atoms with E-state index in [0.717, 1.165) is 16.9 Å². The van der Waals surface area contributed by atoms with Gasteiger partial charge in [-0.3, -0.25) is 9.59 Å². The van der Waals surface area contributed by atoms with E-state index in [0.29, 0.717) is 22.9 Å². The van der Waals surface area contributed by atoms with Crippen LogP contribution in [0.4, 0.5) is 0 Å². The highest BCUT2D eigenvalue weighted by Gasteiger charge is 2.13. The first kappa shape index (κ1) is 16.8. The number of para-hydroxylation sites is 1. The van der Waals surface area contributed by atoms with Crippen LogP contribution < -0.4 is 10.2 Å². The maximum atomic E-state index is 12.9. The van der Waals surface area contributed by atoms with Crippen molar-refractivity contribution in [3.63, 3.8) is 0 Å². The van der Waals surface area contributed by atoms with Gasteiger partial charge in [0.15, 0.2) is 5.43 Å². The number of hydrogen-bond donors (Lipinski definition) is 1. The van der Waals surface area contributed by atoms with Gasteiger partial charge in [0.1, 0.15) is 12.3 Å². The summed E-state index contributed by atoms with van der Waals surface area (Å²) in [5, 5.41) is 9.76. The number of methoxy groups -OCH3 is 1. The van der Waals surface area contributed by atoms with Crippen LogP contribution in [0, 0.1) is 6.92 Å². The van der Waals surface area contributed by atoms with Crippen molar-refractivity contribution in [2.75, 3.05) is 7.11 Å². The van der Waals surface area contributed by atoms with Gasteiger partial charge in [-0.25, -0.2) is 0 Å². The van der Waals surface area contributed by atoms with E-state index in [-0.39, 0.29) is 12.0 Å². The largest absolute Gasteiger partial charge is 0.497 e. The number of carboxylic acids is 1. The molecule has 0 amide bonds. The van der Waals surface area contributed by atoms with Crippen molar-refractivity contribution in [2.45, 2.75) is 19.9 Å². The van der Waals surface area contributed by atoms with Crippen molar-refractivity contribution in [1.29, 1.82) is 0 Å². The van der Waals surface area contributed by atoms with E-state index in [4.69, 9.17) is 4.74 Å². The Balaban J connectivity index is 2.16. The molecule has 0 saturated heterocycles. The number of rotatable bonds is 5. The number of hydrogen-bond acceptors (Lipinski definition) is 3. The summed E-state index contributed by atoms with van der Waals surface area (Å²) in [6.45, 7) is 1.69. The fourth-order valence-corrected chi connectivity index (χ4v) is 3.11. The van der Waals surface area contributed by atoms with E-state index in [1.54, 1.807) is 23.9 Å². The summed E-state index contributed by atoms with van der Waals surface area (Å²) in [5.41, 5.74) is 2.98. The van der Waals surface area contributed by atoms with Crippen LogP contribution in [0.15, 0.2) is 53.5 Å². The molecule has 0 unspecified atom stereocenters. The summed E-state index contributed by atoms with van der Waals surface area (Å²) in [5.74, 6) is -0.222. The topological polar surface area (TPSA) is 68.5 Å². The second kappa shape index (κ2) is 6.81. The van der Waals surface area contributed by atoms with Crippen LogP contribution in [0.2, 0.25) is 0 Å². The Hall–Kier alpha value is -3.08. The Morgan fingerprint density at radius 2 is 1.96 bits per heavy atom. The molecule has 0 bridgehead atoms. The van der Waals surface area contributed by atoms with Gasteiger partial charge in [-0.05, 0) is 36.2 Å². The summed E-state index contributed by atoms with van der Waals surface area (Å²) >= 11 is 0. The first-order valence-electron chi connectivity index (χ1n) is 7.96. The van der Waals surface area contributed by atoms with Gasteiger partial charge in [0.25, 0.3) is 0 Å². The Labute approximate surface area is 145 Å². The van der Waals surface area contributed by atoms with Crippen molar-refractivity contribution in [1.82, 2.24) is 4.57 Å². The van der Waals surface area contributed by atoms with Gasteiger partial charge in [0, 0.05) is 23.6 Å². The standard InChI is InChI=1S/C20H19NO4/c1-13-5-3-8-17-19(13)21(12-18(22)23)11-15(20(17)24)9-14-6-4-7-16(10-14)25-2/h3-8,10-11H,9,12H2,1-2H3,(H,22,23). The van der Waals surface area contributed by atoms with Crippen molar-refractivity contribution in [2.24, 2.45) is 0 Å². The molecule has 5 nitrogen and oxygen atoms in total. The fourth-order valence-electron chi connectivity index (χ4n) is 3.11. The number of aromatic nitrogens is 1. The molecule has 0 aliphatic carbocycles. The molecule has 1 N–H and O–H groups in total. The molecule has 0 aliphatic rings. The van der Waals surface area contributed by atoms with E-state index in [2.05, 4.69) is 0 Å². The minimum Gasteiger partial charge on any atom is -0.497 e. The van der Waals surface area contributed by atoms with E-state index >= 15 is 0 Å². The van der Waals surface area contributed by atoms with E-state index in [9.17, 15) is 14.7 Å². The Kier molecular flexibility index (Phi) is 4.57. The number of carboxylic acid groups (broad SMARTS) is 1. The maximum absolute atomic E-state index is 12.9. The van der Waals surface area contributed by atoms with Crippen LogP contribution in [0.25, 0.3) is 10.9 Å². The Morgan fingerprint density at radius 1 is 1.20 bits per heavy atom. The molecule has 3 aromatic rings. The van der Waals surface area contributed by atoms with Crippen molar-refractivity contribution < 1.29 is 14.6 Å².